The molecule has 2 amide bonds. The summed E-state index contributed by atoms with van der Waals surface area (Å²) in [5.74, 6) is -0.461. The van der Waals surface area contributed by atoms with Crippen LogP contribution in [0.15, 0.2) is 36.4 Å². The average Bonchev–Trinajstić information content (AvgIpc) is 3.21. The van der Waals surface area contributed by atoms with Gasteiger partial charge in [0, 0.05) is 28.8 Å². The van der Waals surface area contributed by atoms with Gasteiger partial charge in [-0.2, -0.15) is 5.26 Å². The van der Waals surface area contributed by atoms with Gasteiger partial charge in [0.25, 0.3) is 5.91 Å². The summed E-state index contributed by atoms with van der Waals surface area (Å²) < 4.78 is 0. The number of amides is 2. The molecule has 1 fully saturated rings. The molecular weight excluding hydrogens is 399 g/mol. The summed E-state index contributed by atoms with van der Waals surface area (Å²) in [6, 6.07) is 11.6. The van der Waals surface area contributed by atoms with Crippen LogP contribution in [0.4, 0.5) is 11.4 Å². The highest BCUT2D eigenvalue weighted by molar-refractivity contribution is 6.31. The largest absolute Gasteiger partial charge is 0.375 e. The molecule has 0 radical (unpaired) electrons. The van der Waals surface area contributed by atoms with Crippen LogP contribution in [0.1, 0.15) is 28.8 Å². The molecule has 1 aliphatic rings. The summed E-state index contributed by atoms with van der Waals surface area (Å²) >= 11 is 12.0. The van der Waals surface area contributed by atoms with Crippen molar-refractivity contribution in [2.75, 3.05) is 30.3 Å². The van der Waals surface area contributed by atoms with Crippen molar-refractivity contribution < 1.29 is 9.59 Å². The Morgan fingerprint density at radius 3 is 2.36 bits per heavy atom. The lowest BCUT2D eigenvalue weighted by atomic mass is 10.1. The predicted octanol–water partition coefficient (Wildman–Crippen LogP) is 4.15. The standard InChI is InChI=1S/C20H18Cl2N4O2/c21-14-4-3-13(11-23)17(9-14)25-19(27)12-24-18-10-15(22)5-6-16(18)20(28)26-7-1-2-8-26/h3-6,9-10,24H,1-2,7-8,12H2,(H,25,27). The van der Waals surface area contributed by atoms with Gasteiger partial charge < -0.3 is 15.5 Å². The van der Waals surface area contributed by atoms with E-state index in [0.717, 1.165) is 25.9 Å². The minimum atomic E-state index is -0.377. The van der Waals surface area contributed by atoms with Crippen LogP contribution in [-0.2, 0) is 4.79 Å². The van der Waals surface area contributed by atoms with Crippen LogP contribution in [-0.4, -0.2) is 36.3 Å². The molecule has 144 valence electrons. The summed E-state index contributed by atoms with van der Waals surface area (Å²) in [6.07, 6.45) is 1.98. The van der Waals surface area contributed by atoms with Crippen LogP contribution in [0.5, 0.6) is 0 Å². The highest BCUT2D eigenvalue weighted by Gasteiger charge is 2.22. The minimum absolute atomic E-state index is 0.0846. The lowest BCUT2D eigenvalue weighted by molar-refractivity contribution is -0.114. The zero-order valence-electron chi connectivity index (χ0n) is 15.0. The number of hydrogen-bond donors (Lipinski definition) is 2. The fourth-order valence-electron chi connectivity index (χ4n) is 3.03. The second-order valence-corrected chi connectivity index (χ2v) is 7.27. The van der Waals surface area contributed by atoms with Crippen LogP contribution in [0.25, 0.3) is 0 Å². The molecule has 8 heteroatoms. The van der Waals surface area contributed by atoms with Crippen molar-refractivity contribution in [3.63, 3.8) is 0 Å². The van der Waals surface area contributed by atoms with Gasteiger partial charge in [-0.3, -0.25) is 9.59 Å². The molecule has 0 spiro atoms. The lowest BCUT2D eigenvalue weighted by Gasteiger charge is -2.18. The number of anilines is 2. The van der Waals surface area contributed by atoms with Gasteiger partial charge in [-0.05, 0) is 49.2 Å². The van der Waals surface area contributed by atoms with Gasteiger partial charge in [-0.25, -0.2) is 0 Å². The van der Waals surface area contributed by atoms with Crippen LogP contribution in [0, 0.1) is 11.3 Å². The molecule has 2 aromatic carbocycles. The molecule has 1 heterocycles. The predicted molar refractivity (Wildman–Crippen MR) is 110 cm³/mol. The molecule has 6 nitrogen and oxygen atoms in total. The van der Waals surface area contributed by atoms with Crippen molar-refractivity contribution in [3.8, 4) is 6.07 Å². The number of rotatable bonds is 5. The van der Waals surface area contributed by atoms with E-state index in [-0.39, 0.29) is 18.4 Å². The monoisotopic (exact) mass is 416 g/mol. The number of nitrogens with one attached hydrogen (secondary N) is 2. The zero-order valence-corrected chi connectivity index (χ0v) is 16.5. The first-order valence-electron chi connectivity index (χ1n) is 8.80. The highest BCUT2D eigenvalue weighted by Crippen LogP contribution is 2.24. The Hall–Kier alpha value is -2.75. The number of likely N-dealkylation sites (tertiary alicyclic amines) is 1. The van der Waals surface area contributed by atoms with E-state index in [9.17, 15) is 9.59 Å². The summed E-state index contributed by atoms with van der Waals surface area (Å²) in [4.78, 5) is 26.9. The van der Waals surface area contributed by atoms with Gasteiger partial charge >= 0.3 is 0 Å². The van der Waals surface area contributed by atoms with E-state index in [1.54, 1.807) is 29.2 Å². The normalized spacial score (nSPS) is 13.1. The molecule has 1 aliphatic heterocycles. The maximum Gasteiger partial charge on any atom is 0.255 e. The van der Waals surface area contributed by atoms with Crippen molar-refractivity contribution >= 4 is 46.4 Å². The Balaban J connectivity index is 1.71. The van der Waals surface area contributed by atoms with E-state index < -0.39 is 0 Å². The first kappa shape index (κ1) is 20.0. The van der Waals surface area contributed by atoms with Crippen LogP contribution in [0.3, 0.4) is 0 Å². The Morgan fingerprint density at radius 1 is 1.04 bits per heavy atom. The SMILES string of the molecule is N#Cc1ccc(Cl)cc1NC(=O)CNc1cc(Cl)ccc1C(=O)N1CCCC1. The van der Waals surface area contributed by atoms with E-state index in [2.05, 4.69) is 10.6 Å². The zero-order chi connectivity index (χ0) is 20.1. The third kappa shape index (κ3) is 4.75. The topological polar surface area (TPSA) is 85.2 Å². The summed E-state index contributed by atoms with van der Waals surface area (Å²) in [6.45, 7) is 1.36. The fourth-order valence-corrected chi connectivity index (χ4v) is 3.37. The van der Waals surface area contributed by atoms with Crippen LogP contribution >= 0.6 is 23.2 Å². The molecule has 0 aliphatic carbocycles. The lowest BCUT2D eigenvalue weighted by Crippen LogP contribution is -2.29. The fraction of sp³-hybridized carbons (Fsp3) is 0.250. The number of hydrogen-bond acceptors (Lipinski definition) is 4. The molecule has 0 atom stereocenters. The van der Waals surface area contributed by atoms with Gasteiger partial charge in [0.2, 0.25) is 5.91 Å². The summed E-state index contributed by atoms with van der Waals surface area (Å²) in [7, 11) is 0. The van der Waals surface area contributed by atoms with Crippen molar-refractivity contribution in [3.05, 3.63) is 57.6 Å². The first-order valence-corrected chi connectivity index (χ1v) is 9.55. The molecule has 28 heavy (non-hydrogen) atoms. The third-order valence-electron chi connectivity index (χ3n) is 4.42. The van der Waals surface area contributed by atoms with Crippen molar-refractivity contribution in [1.29, 1.82) is 5.26 Å². The first-order chi connectivity index (χ1) is 13.5. The number of carbonyl (C=O) groups is 2. The van der Waals surface area contributed by atoms with Gasteiger partial charge in [0.1, 0.15) is 6.07 Å². The number of halogens is 2. The van der Waals surface area contributed by atoms with Crippen molar-refractivity contribution in [1.82, 2.24) is 4.90 Å². The van der Waals surface area contributed by atoms with E-state index in [1.807, 2.05) is 6.07 Å². The quantitative estimate of drug-likeness (QED) is 0.766. The molecule has 2 aromatic rings. The molecule has 1 saturated heterocycles. The third-order valence-corrected chi connectivity index (χ3v) is 4.89. The Labute approximate surface area is 173 Å². The van der Waals surface area contributed by atoms with Gasteiger partial charge in [0.05, 0.1) is 23.4 Å². The van der Waals surface area contributed by atoms with E-state index in [0.29, 0.717) is 32.5 Å². The summed E-state index contributed by atoms with van der Waals surface area (Å²) in [5.41, 5.74) is 1.61. The second kappa shape index (κ2) is 8.96. The minimum Gasteiger partial charge on any atom is -0.375 e. The van der Waals surface area contributed by atoms with E-state index in [1.165, 1.54) is 12.1 Å². The maximum atomic E-state index is 12.7. The molecule has 0 unspecified atom stereocenters. The van der Waals surface area contributed by atoms with E-state index in [4.69, 9.17) is 28.5 Å². The van der Waals surface area contributed by atoms with Crippen molar-refractivity contribution in [2.24, 2.45) is 0 Å². The molecule has 3 rings (SSSR count). The van der Waals surface area contributed by atoms with Crippen molar-refractivity contribution in [2.45, 2.75) is 12.8 Å². The Bertz CT molecular complexity index is 950. The average molecular weight is 417 g/mol. The van der Waals surface area contributed by atoms with Crippen LogP contribution in [0.2, 0.25) is 10.0 Å². The van der Waals surface area contributed by atoms with Gasteiger partial charge in [-0.15, -0.1) is 0 Å². The Kier molecular flexibility index (Phi) is 6.40. The highest BCUT2D eigenvalue weighted by atomic mass is 35.5. The van der Waals surface area contributed by atoms with Crippen LogP contribution < -0.4 is 10.6 Å². The molecular formula is C20H18Cl2N4O2. The Morgan fingerprint density at radius 2 is 1.68 bits per heavy atom. The number of nitrogens with zero attached hydrogens (tertiary/aromatic N) is 2. The second-order valence-electron chi connectivity index (χ2n) is 6.39. The summed E-state index contributed by atoms with van der Waals surface area (Å²) in [5, 5.41) is 15.6. The molecule has 0 bridgehead atoms. The number of carbonyl (C=O) groups excluding carboxylic acids is 2. The van der Waals surface area contributed by atoms with Gasteiger partial charge in [-0.1, -0.05) is 23.2 Å². The smallest absolute Gasteiger partial charge is 0.255 e. The van der Waals surface area contributed by atoms with Gasteiger partial charge in [0.15, 0.2) is 0 Å². The van der Waals surface area contributed by atoms with E-state index >= 15 is 0 Å². The molecule has 2 N–H and O–H groups in total. The maximum absolute atomic E-state index is 12.7. The number of nitriles is 1. The molecule has 0 aromatic heterocycles. The number of benzene rings is 2. The molecule has 0 saturated carbocycles.